The molecule has 1 fully saturated rings. The highest BCUT2D eigenvalue weighted by Gasteiger charge is 2.23. The van der Waals surface area contributed by atoms with Crippen molar-refractivity contribution >= 4 is 5.69 Å². The summed E-state index contributed by atoms with van der Waals surface area (Å²) >= 11 is 0. The SMILES string of the molecule is CC1CC(C)CN(Cc2ccccc2[N+](=O)[O-])C1. The molecule has 0 N–H and O–H groups in total. The van der Waals surface area contributed by atoms with E-state index in [1.165, 1.54) is 6.42 Å². The number of para-hydroxylation sites is 1. The van der Waals surface area contributed by atoms with E-state index in [4.69, 9.17) is 0 Å². The van der Waals surface area contributed by atoms with Gasteiger partial charge in [0, 0.05) is 31.3 Å². The summed E-state index contributed by atoms with van der Waals surface area (Å²) in [5, 5.41) is 11.0. The Bertz CT molecular complexity index is 424. The van der Waals surface area contributed by atoms with Crippen LogP contribution in [0.5, 0.6) is 0 Å². The zero-order chi connectivity index (χ0) is 13.1. The molecule has 2 unspecified atom stereocenters. The van der Waals surface area contributed by atoms with E-state index in [2.05, 4.69) is 18.7 Å². The van der Waals surface area contributed by atoms with E-state index in [1.807, 2.05) is 12.1 Å². The van der Waals surface area contributed by atoms with Crippen molar-refractivity contribution in [3.8, 4) is 0 Å². The van der Waals surface area contributed by atoms with E-state index in [1.54, 1.807) is 12.1 Å². The van der Waals surface area contributed by atoms with Gasteiger partial charge in [-0.05, 0) is 18.3 Å². The summed E-state index contributed by atoms with van der Waals surface area (Å²) in [4.78, 5) is 13.0. The summed E-state index contributed by atoms with van der Waals surface area (Å²) in [5.41, 5.74) is 1.06. The van der Waals surface area contributed by atoms with Crippen molar-refractivity contribution in [3.05, 3.63) is 39.9 Å². The summed E-state index contributed by atoms with van der Waals surface area (Å²) < 4.78 is 0. The van der Waals surface area contributed by atoms with Gasteiger partial charge >= 0.3 is 0 Å². The fourth-order valence-electron chi connectivity index (χ4n) is 2.98. The van der Waals surface area contributed by atoms with Crippen molar-refractivity contribution in [2.24, 2.45) is 11.8 Å². The second-order valence-corrected chi connectivity index (χ2v) is 5.53. The molecule has 1 aliphatic heterocycles. The molecule has 0 amide bonds. The maximum absolute atomic E-state index is 11.0. The minimum atomic E-state index is -0.286. The molecule has 2 atom stereocenters. The molecule has 1 aromatic carbocycles. The molecule has 18 heavy (non-hydrogen) atoms. The van der Waals surface area contributed by atoms with Crippen molar-refractivity contribution in [2.45, 2.75) is 26.8 Å². The standard InChI is InChI=1S/C14H20N2O2/c1-11-7-12(2)9-15(8-11)10-13-5-3-4-6-14(13)16(17)18/h3-6,11-12H,7-10H2,1-2H3. The predicted octanol–water partition coefficient (Wildman–Crippen LogP) is 3.07. The van der Waals surface area contributed by atoms with Crippen LogP contribution in [0.3, 0.4) is 0 Å². The summed E-state index contributed by atoms with van der Waals surface area (Å²) in [6.45, 7) is 7.27. The number of rotatable bonds is 3. The normalized spacial score (nSPS) is 25.0. The number of nitro benzene ring substituents is 1. The third kappa shape index (κ3) is 3.07. The van der Waals surface area contributed by atoms with Crippen molar-refractivity contribution < 1.29 is 4.92 Å². The van der Waals surface area contributed by atoms with Crippen molar-refractivity contribution in [2.75, 3.05) is 13.1 Å². The monoisotopic (exact) mass is 248 g/mol. The lowest BCUT2D eigenvalue weighted by Crippen LogP contribution is -2.38. The van der Waals surface area contributed by atoms with Crippen LogP contribution in [-0.4, -0.2) is 22.9 Å². The van der Waals surface area contributed by atoms with E-state index in [9.17, 15) is 10.1 Å². The lowest BCUT2D eigenvalue weighted by molar-refractivity contribution is -0.385. The first kappa shape index (κ1) is 13.0. The van der Waals surface area contributed by atoms with E-state index in [-0.39, 0.29) is 10.6 Å². The largest absolute Gasteiger partial charge is 0.298 e. The molecule has 1 heterocycles. The molecular weight excluding hydrogens is 228 g/mol. The van der Waals surface area contributed by atoms with Gasteiger partial charge in [-0.25, -0.2) is 0 Å². The maximum atomic E-state index is 11.0. The van der Waals surface area contributed by atoms with Crippen LogP contribution < -0.4 is 0 Å². The maximum Gasteiger partial charge on any atom is 0.273 e. The van der Waals surface area contributed by atoms with E-state index in [0.717, 1.165) is 18.7 Å². The minimum absolute atomic E-state index is 0.239. The Labute approximate surface area is 108 Å². The fraction of sp³-hybridized carbons (Fsp3) is 0.571. The molecule has 0 spiro atoms. The Morgan fingerprint density at radius 1 is 1.28 bits per heavy atom. The van der Waals surface area contributed by atoms with Gasteiger partial charge in [0.25, 0.3) is 5.69 Å². The molecule has 0 saturated carbocycles. The molecule has 0 radical (unpaired) electrons. The first-order valence-corrected chi connectivity index (χ1v) is 6.51. The number of benzene rings is 1. The highest BCUT2D eigenvalue weighted by molar-refractivity contribution is 5.39. The quantitative estimate of drug-likeness (QED) is 0.610. The average molecular weight is 248 g/mol. The minimum Gasteiger partial charge on any atom is -0.298 e. The zero-order valence-electron chi connectivity index (χ0n) is 11.0. The molecule has 98 valence electrons. The van der Waals surface area contributed by atoms with Crippen LogP contribution in [0, 0.1) is 22.0 Å². The summed E-state index contributed by atoms with van der Waals surface area (Å²) in [7, 11) is 0. The number of piperidine rings is 1. The number of nitro groups is 1. The van der Waals surface area contributed by atoms with Gasteiger partial charge in [0.15, 0.2) is 0 Å². The fourth-order valence-corrected chi connectivity index (χ4v) is 2.98. The van der Waals surface area contributed by atoms with Crippen LogP contribution in [0.4, 0.5) is 5.69 Å². The van der Waals surface area contributed by atoms with E-state index < -0.39 is 0 Å². The van der Waals surface area contributed by atoms with Gasteiger partial charge in [-0.2, -0.15) is 0 Å². The lowest BCUT2D eigenvalue weighted by atomic mass is 9.91. The Morgan fingerprint density at radius 3 is 2.50 bits per heavy atom. The second kappa shape index (κ2) is 5.48. The van der Waals surface area contributed by atoms with Gasteiger partial charge in [0.2, 0.25) is 0 Å². The number of nitrogens with zero attached hydrogens (tertiary/aromatic N) is 2. The van der Waals surface area contributed by atoms with Gasteiger partial charge in [0.05, 0.1) is 4.92 Å². The summed E-state index contributed by atoms with van der Waals surface area (Å²) in [5.74, 6) is 1.35. The molecule has 2 rings (SSSR count). The number of hydrogen-bond acceptors (Lipinski definition) is 3. The number of likely N-dealkylation sites (tertiary alicyclic amines) is 1. The van der Waals surface area contributed by atoms with Gasteiger partial charge in [0.1, 0.15) is 0 Å². The molecule has 4 nitrogen and oxygen atoms in total. The van der Waals surface area contributed by atoms with Crippen molar-refractivity contribution in [3.63, 3.8) is 0 Å². The molecule has 0 aliphatic carbocycles. The van der Waals surface area contributed by atoms with Crippen LogP contribution >= 0.6 is 0 Å². The molecule has 1 aliphatic rings. The smallest absolute Gasteiger partial charge is 0.273 e. The highest BCUT2D eigenvalue weighted by Crippen LogP contribution is 2.25. The Hall–Kier alpha value is -1.42. The van der Waals surface area contributed by atoms with E-state index in [0.29, 0.717) is 18.4 Å². The third-order valence-corrected chi connectivity index (χ3v) is 3.53. The van der Waals surface area contributed by atoms with Crippen LogP contribution in [-0.2, 0) is 6.54 Å². The molecule has 0 bridgehead atoms. The third-order valence-electron chi connectivity index (χ3n) is 3.53. The topological polar surface area (TPSA) is 46.4 Å². The first-order valence-electron chi connectivity index (χ1n) is 6.51. The summed E-state index contributed by atoms with van der Waals surface area (Å²) in [6.07, 6.45) is 1.26. The number of hydrogen-bond donors (Lipinski definition) is 0. The summed E-state index contributed by atoms with van der Waals surface area (Å²) in [6, 6.07) is 7.05. The second-order valence-electron chi connectivity index (χ2n) is 5.53. The molecule has 1 saturated heterocycles. The molecule has 0 aromatic heterocycles. The predicted molar refractivity (Wildman–Crippen MR) is 71.3 cm³/mol. The zero-order valence-corrected chi connectivity index (χ0v) is 11.0. The van der Waals surface area contributed by atoms with Crippen molar-refractivity contribution in [1.82, 2.24) is 4.90 Å². The lowest BCUT2D eigenvalue weighted by Gasteiger charge is -2.34. The Morgan fingerprint density at radius 2 is 1.89 bits per heavy atom. The van der Waals surface area contributed by atoms with Gasteiger partial charge in [-0.15, -0.1) is 0 Å². The van der Waals surface area contributed by atoms with Gasteiger partial charge in [-0.3, -0.25) is 15.0 Å². The van der Waals surface area contributed by atoms with E-state index >= 15 is 0 Å². The molecule has 4 heteroatoms. The first-order chi connectivity index (χ1) is 8.56. The Kier molecular flexibility index (Phi) is 3.97. The van der Waals surface area contributed by atoms with Gasteiger partial charge < -0.3 is 0 Å². The van der Waals surface area contributed by atoms with Crippen LogP contribution in [0.15, 0.2) is 24.3 Å². The highest BCUT2D eigenvalue weighted by atomic mass is 16.6. The van der Waals surface area contributed by atoms with Crippen molar-refractivity contribution in [1.29, 1.82) is 0 Å². The molecule has 1 aromatic rings. The van der Waals surface area contributed by atoms with Crippen LogP contribution in [0.2, 0.25) is 0 Å². The van der Waals surface area contributed by atoms with Gasteiger partial charge in [-0.1, -0.05) is 32.0 Å². The Balaban J connectivity index is 2.11. The molecular formula is C14H20N2O2. The van der Waals surface area contributed by atoms with Crippen LogP contribution in [0.1, 0.15) is 25.8 Å². The average Bonchev–Trinajstić information content (AvgIpc) is 2.27. The van der Waals surface area contributed by atoms with Crippen LogP contribution in [0.25, 0.3) is 0 Å².